The van der Waals surface area contributed by atoms with Gasteiger partial charge in [0, 0.05) is 6.07 Å². The van der Waals surface area contributed by atoms with E-state index >= 15 is 0 Å². The molecular weight excluding hydrogens is 282 g/mol. The van der Waals surface area contributed by atoms with Crippen molar-refractivity contribution in [3.63, 3.8) is 0 Å². The minimum absolute atomic E-state index is 0.121. The molecule has 1 aromatic carbocycles. The van der Waals surface area contributed by atoms with Crippen molar-refractivity contribution in [2.24, 2.45) is 0 Å². The first-order valence-corrected chi connectivity index (χ1v) is 6.62. The van der Waals surface area contributed by atoms with Crippen LogP contribution in [0.25, 0.3) is 0 Å². The van der Waals surface area contributed by atoms with Gasteiger partial charge in [0.05, 0.1) is 34.5 Å². The van der Waals surface area contributed by atoms with Gasteiger partial charge in [0.1, 0.15) is 5.76 Å². The highest BCUT2D eigenvalue weighted by atomic mass is 32.2. The summed E-state index contributed by atoms with van der Waals surface area (Å²) in [5.74, 6) is 0.600. The topological polar surface area (TPSA) is 82.6 Å². The first-order valence-electron chi connectivity index (χ1n) is 5.63. The Kier molecular flexibility index (Phi) is 4.41. The monoisotopic (exact) mass is 293 g/mol. The molecule has 0 saturated heterocycles. The summed E-state index contributed by atoms with van der Waals surface area (Å²) in [7, 11) is 1.23. The minimum Gasteiger partial charge on any atom is -0.468 e. The molecule has 0 bridgehead atoms. The lowest BCUT2D eigenvalue weighted by atomic mass is 10.2. The van der Waals surface area contributed by atoms with E-state index in [0.29, 0.717) is 10.6 Å². The summed E-state index contributed by atoms with van der Waals surface area (Å²) in [6.45, 7) is 0. The van der Waals surface area contributed by atoms with E-state index in [-0.39, 0.29) is 11.3 Å². The molecule has 1 heterocycles. The Bertz CT molecular complexity index is 624. The molecule has 0 aliphatic rings. The Hall–Kier alpha value is -2.28. The molecule has 2 aromatic rings. The number of thioether (sulfide) groups is 1. The number of hydrogen-bond acceptors (Lipinski definition) is 6. The zero-order chi connectivity index (χ0) is 14.5. The highest BCUT2D eigenvalue weighted by Gasteiger charge is 2.18. The van der Waals surface area contributed by atoms with Gasteiger partial charge in [-0.3, -0.25) is 10.1 Å². The number of furan rings is 1. The molecular formula is C13H11NO5S. The van der Waals surface area contributed by atoms with Crippen molar-refractivity contribution in [3.8, 4) is 0 Å². The second-order valence-electron chi connectivity index (χ2n) is 3.80. The number of methoxy groups -OCH3 is 1. The van der Waals surface area contributed by atoms with Crippen LogP contribution in [0.1, 0.15) is 16.1 Å². The van der Waals surface area contributed by atoms with Crippen molar-refractivity contribution >= 4 is 23.4 Å². The van der Waals surface area contributed by atoms with Gasteiger partial charge >= 0.3 is 5.97 Å². The zero-order valence-corrected chi connectivity index (χ0v) is 11.4. The molecule has 7 heteroatoms. The number of esters is 1. The van der Waals surface area contributed by atoms with Gasteiger partial charge in [0.25, 0.3) is 5.69 Å². The van der Waals surface area contributed by atoms with E-state index in [1.165, 1.54) is 37.1 Å². The van der Waals surface area contributed by atoms with Crippen LogP contribution in [-0.4, -0.2) is 18.0 Å². The Labute approximate surface area is 118 Å². The van der Waals surface area contributed by atoms with Crippen LogP contribution in [0, 0.1) is 10.1 Å². The number of hydrogen-bond donors (Lipinski definition) is 0. The maximum absolute atomic E-state index is 11.4. The summed E-state index contributed by atoms with van der Waals surface area (Å²) < 4.78 is 9.72. The third-order valence-corrected chi connectivity index (χ3v) is 3.61. The molecule has 0 unspecified atom stereocenters. The molecule has 2 rings (SSSR count). The first-order chi connectivity index (χ1) is 9.61. The second kappa shape index (κ2) is 6.25. The van der Waals surface area contributed by atoms with E-state index < -0.39 is 10.9 Å². The Morgan fingerprint density at radius 2 is 2.25 bits per heavy atom. The summed E-state index contributed by atoms with van der Waals surface area (Å²) in [5.41, 5.74) is 0.0333. The maximum atomic E-state index is 11.4. The van der Waals surface area contributed by atoms with Crippen molar-refractivity contribution < 1.29 is 18.9 Å². The SMILES string of the molecule is COC(=O)c1ccc(SCc2ccco2)c([N+](=O)[O-])c1. The smallest absolute Gasteiger partial charge is 0.338 e. The van der Waals surface area contributed by atoms with Crippen LogP contribution in [-0.2, 0) is 10.5 Å². The van der Waals surface area contributed by atoms with E-state index in [2.05, 4.69) is 4.74 Å². The van der Waals surface area contributed by atoms with Gasteiger partial charge < -0.3 is 9.15 Å². The number of carbonyl (C=O) groups is 1. The van der Waals surface area contributed by atoms with E-state index in [4.69, 9.17) is 4.42 Å². The number of nitro groups is 1. The van der Waals surface area contributed by atoms with E-state index in [9.17, 15) is 14.9 Å². The molecule has 0 amide bonds. The van der Waals surface area contributed by atoms with E-state index in [0.717, 1.165) is 5.76 Å². The third kappa shape index (κ3) is 3.18. The molecule has 0 aliphatic carbocycles. The van der Waals surface area contributed by atoms with Crippen molar-refractivity contribution in [1.29, 1.82) is 0 Å². The van der Waals surface area contributed by atoms with Gasteiger partial charge in [-0.05, 0) is 24.3 Å². The van der Waals surface area contributed by atoms with Crippen LogP contribution in [0.3, 0.4) is 0 Å². The summed E-state index contributed by atoms with van der Waals surface area (Å²) in [6, 6.07) is 7.81. The summed E-state index contributed by atoms with van der Waals surface area (Å²) in [6.07, 6.45) is 1.55. The van der Waals surface area contributed by atoms with Crippen LogP contribution in [0.5, 0.6) is 0 Å². The first kappa shape index (κ1) is 14.1. The lowest BCUT2D eigenvalue weighted by Gasteiger charge is -2.04. The van der Waals surface area contributed by atoms with Gasteiger partial charge in [-0.25, -0.2) is 4.79 Å². The van der Waals surface area contributed by atoms with Crippen molar-refractivity contribution in [2.45, 2.75) is 10.6 Å². The van der Waals surface area contributed by atoms with Crippen LogP contribution >= 0.6 is 11.8 Å². The molecule has 0 radical (unpaired) electrons. The Morgan fingerprint density at radius 3 is 2.85 bits per heavy atom. The standard InChI is InChI=1S/C13H11NO5S/c1-18-13(15)9-4-5-12(11(7-9)14(16)17)20-8-10-3-2-6-19-10/h2-7H,8H2,1H3. The zero-order valence-electron chi connectivity index (χ0n) is 10.6. The van der Waals surface area contributed by atoms with Crippen molar-refractivity contribution in [1.82, 2.24) is 0 Å². The second-order valence-corrected chi connectivity index (χ2v) is 4.82. The molecule has 0 saturated carbocycles. The van der Waals surface area contributed by atoms with Crippen molar-refractivity contribution in [3.05, 3.63) is 58.0 Å². The fraction of sp³-hybridized carbons (Fsp3) is 0.154. The van der Waals surface area contributed by atoms with Gasteiger partial charge in [-0.1, -0.05) is 0 Å². The van der Waals surface area contributed by atoms with Crippen LogP contribution in [0.15, 0.2) is 45.9 Å². The molecule has 0 N–H and O–H groups in total. The molecule has 20 heavy (non-hydrogen) atoms. The molecule has 0 atom stereocenters. The molecule has 0 fully saturated rings. The number of benzene rings is 1. The average Bonchev–Trinajstić information content (AvgIpc) is 2.97. The lowest BCUT2D eigenvalue weighted by Crippen LogP contribution is -2.02. The average molecular weight is 293 g/mol. The van der Waals surface area contributed by atoms with Gasteiger partial charge in [0.15, 0.2) is 0 Å². The van der Waals surface area contributed by atoms with Gasteiger partial charge in [-0.15, -0.1) is 11.8 Å². The Balaban J connectivity index is 2.23. The van der Waals surface area contributed by atoms with E-state index in [1.54, 1.807) is 18.4 Å². The normalized spacial score (nSPS) is 10.2. The molecule has 1 aromatic heterocycles. The predicted molar refractivity (Wildman–Crippen MR) is 72.7 cm³/mol. The fourth-order valence-corrected chi connectivity index (χ4v) is 2.48. The number of ether oxygens (including phenoxy) is 1. The number of nitro benzene ring substituents is 1. The van der Waals surface area contributed by atoms with Gasteiger partial charge in [-0.2, -0.15) is 0 Å². The predicted octanol–water partition coefficient (Wildman–Crippen LogP) is 3.27. The number of carbonyl (C=O) groups excluding carboxylic acids is 1. The third-order valence-electron chi connectivity index (χ3n) is 2.53. The number of rotatable bonds is 5. The summed E-state index contributed by atoms with van der Waals surface area (Å²) in [5, 5.41) is 11.1. The maximum Gasteiger partial charge on any atom is 0.338 e. The largest absolute Gasteiger partial charge is 0.468 e. The van der Waals surface area contributed by atoms with Crippen LogP contribution in [0.2, 0.25) is 0 Å². The van der Waals surface area contributed by atoms with Crippen LogP contribution < -0.4 is 0 Å². The van der Waals surface area contributed by atoms with Crippen LogP contribution in [0.4, 0.5) is 5.69 Å². The Morgan fingerprint density at radius 1 is 1.45 bits per heavy atom. The quantitative estimate of drug-likeness (QED) is 0.364. The fourth-order valence-electron chi connectivity index (χ4n) is 1.57. The van der Waals surface area contributed by atoms with Crippen molar-refractivity contribution in [2.75, 3.05) is 7.11 Å². The summed E-state index contributed by atoms with van der Waals surface area (Å²) >= 11 is 1.27. The number of nitrogens with zero attached hydrogens (tertiary/aromatic N) is 1. The lowest BCUT2D eigenvalue weighted by molar-refractivity contribution is -0.387. The highest BCUT2D eigenvalue weighted by Crippen LogP contribution is 2.32. The minimum atomic E-state index is -0.601. The molecule has 6 nitrogen and oxygen atoms in total. The molecule has 0 spiro atoms. The van der Waals surface area contributed by atoms with E-state index in [1.807, 2.05) is 0 Å². The summed E-state index contributed by atoms with van der Waals surface area (Å²) in [4.78, 5) is 22.4. The van der Waals surface area contributed by atoms with Gasteiger partial charge in [0.2, 0.25) is 0 Å². The highest BCUT2D eigenvalue weighted by molar-refractivity contribution is 7.98. The molecule has 0 aliphatic heterocycles. The molecule has 104 valence electrons.